The Bertz CT molecular complexity index is 932. The second-order valence-electron chi connectivity index (χ2n) is 5.73. The summed E-state index contributed by atoms with van der Waals surface area (Å²) in [5, 5.41) is 3.12. The van der Waals surface area contributed by atoms with Crippen LogP contribution in [0.1, 0.15) is 22.4 Å². The molecule has 0 saturated carbocycles. The van der Waals surface area contributed by atoms with Crippen molar-refractivity contribution in [2.75, 3.05) is 0 Å². The lowest BCUT2D eigenvalue weighted by molar-refractivity contribution is 0.834. The first-order valence-corrected chi connectivity index (χ1v) is 7.54. The summed E-state index contributed by atoms with van der Waals surface area (Å²) in [7, 11) is 0. The molecule has 0 saturated heterocycles. The van der Waals surface area contributed by atoms with Crippen LogP contribution in [0.4, 0.5) is 5.69 Å². The summed E-state index contributed by atoms with van der Waals surface area (Å²) in [6.45, 7) is 5.90. The molecule has 1 aromatic heterocycles. The van der Waals surface area contributed by atoms with Crippen LogP contribution in [0.15, 0.2) is 58.3 Å². The van der Waals surface area contributed by atoms with Crippen molar-refractivity contribution in [3.05, 3.63) is 81.3 Å². The van der Waals surface area contributed by atoms with E-state index in [2.05, 4.69) is 10.1 Å². The van der Waals surface area contributed by atoms with Gasteiger partial charge in [0.25, 0.3) is 5.56 Å². The molecular weight excluding hydrogens is 286 g/mol. The average molecular weight is 305 g/mol. The van der Waals surface area contributed by atoms with E-state index < -0.39 is 0 Å². The fourth-order valence-electron chi connectivity index (χ4n) is 2.51. The zero-order valence-electron chi connectivity index (χ0n) is 13.5. The third-order valence-electron chi connectivity index (χ3n) is 3.72. The van der Waals surface area contributed by atoms with E-state index in [1.165, 1.54) is 0 Å². The Morgan fingerprint density at radius 1 is 1.00 bits per heavy atom. The molecular formula is C19H19N3O. The summed E-state index contributed by atoms with van der Waals surface area (Å²) >= 11 is 0. The van der Waals surface area contributed by atoms with Gasteiger partial charge in [0.2, 0.25) is 0 Å². The highest BCUT2D eigenvalue weighted by molar-refractivity contribution is 5.83. The van der Waals surface area contributed by atoms with Crippen LogP contribution in [0, 0.1) is 20.8 Å². The maximum atomic E-state index is 12.6. The molecule has 0 bridgehead atoms. The molecule has 0 radical (unpaired) electrons. The number of rotatable bonds is 3. The molecule has 116 valence electrons. The van der Waals surface area contributed by atoms with Crippen LogP contribution in [0.5, 0.6) is 0 Å². The number of nitrogens with one attached hydrogen (secondary N) is 1. The van der Waals surface area contributed by atoms with Crippen LogP contribution >= 0.6 is 0 Å². The van der Waals surface area contributed by atoms with Crippen molar-refractivity contribution < 1.29 is 0 Å². The number of nitrogens with zero attached hydrogens (tertiary/aromatic N) is 2. The van der Waals surface area contributed by atoms with E-state index in [0.717, 1.165) is 28.2 Å². The topological polar surface area (TPSA) is 50.1 Å². The van der Waals surface area contributed by atoms with Crippen LogP contribution in [0.2, 0.25) is 0 Å². The Hall–Kier alpha value is -2.88. The standard InChI is InChI=1S/C19H19N3O/c1-13-6-4-8-16(10-13)20-12-18-15(3)21-22(19(18)23)17-9-5-7-14(2)11-17/h4-12,21H,1-3H3. The van der Waals surface area contributed by atoms with Crippen LogP contribution in [0.3, 0.4) is 0 Å². The highest BCUT2D eigenvalue weighted by atomic mass is 16.1. The van der Waals surface area contributed by atoms with Crippen molar-refractivity contribution in [1.82, 2.24) is 9.78 Å². The molecule has 23 heavy (non-hydrogen) atoms. The zero-order chi connectivity index (χ0) is 16.4. The molecule has 0 unspecified atom stereocenters. The average Bonchev–Trinajstić information content (AvgIpc) is 2.80. The van der Waals surface area contributed by atoms with Crippen molar-refractivity contribution in [3.63, 3.8) is 0 Å². The van der Waals surface area contributed by atoms with Crippen molar-refractivity contribution in [1.29, 1.82) is 0 Å². The van der Waals surface area contributed by atoms with E-state index >= 15 is 0 Å². The highest BCUT2D eigenvalue weighted by Crippen LogP contribution is 2.14. The van der Waals surface area contributed by atoms with Gasteiger partial charge in [-0.2, -0.15) is 0 Å². The minimum atomic E-state index is -0.0931. The van der Waals surface area contributed by atoms with Crippen molar-refractivity contribution in [2.45, 2.75) is 20.8 Å². The van der Waals surface area contributed by atoms with Gasteiger partial charge < -0.3 is 0 Å². The first kappa shape index (κ1) is 15.0. The quantitative estimate of drug-likeness (QED) is 0.734. The predicted molar refractivity (Wildman–Crippen MR) is 94.3 cm³/mol. The number of aromatic nitrogens is 2. The van der Waals surface area contributed by atoms with Gasteiger partial charge in [-0.25, -0.2) is 4.68 Å². The molecule has 4 nitrogen and oxygen atoms in total. The molecule has 3 aromatic rings. The van der Waals surface area contributed by atoms with Gasteiger partial charge in [-0.15, -0.1) is 0 Å². The Morgan fingerprint density at radius 2 is 1.70 bits per heavy atom. The van der Waals surface area contributed by atoms with Crippen LogP contribution in [0.25, 0.3) is 5.69 Å². The largest absolute Gasteiger partial charge is 0.295 e. The predicted octanol–water partition coefficient (Wildman–Crippen LogP) is 3.84. The molecule has 0 spiro atoms. The lowest BCUT2D eigenvalue weighted by Gasteiger charge is -2.02. The second kappa shape index (κ2) is 6.08. The Morgan fingerprint density at radius 3 is 2.39 bits per heavy atom. The summed E-state index contributed by atoms with van der Waals surface area (Å²) in [6, 6.07) is 15.7. The number of H-pyrrole nitrogens is 1. The number of hydrogen-bond donors (Lipinski definition) is 1. The molecule has 0 atom stereocenters. The fraction of sp³-hybridized carbons (Fsp3) is 0.158. The summed E-state index contributed by atoms with van der Waals surface area (Å²) in [4.78, 5) is 17.1. The highest BCUT2D eigenvalue weighted by Gasteiger charge is 2.10. The summed E-state index contributed by atoms with van der Waals surface area (Å²) in [6.07, 6.45) is 1.63. The summed E-state index contributed by atoms with van der Waals surface area (Å²) < 4.78 is 1.56. The number of aromatic amines is 1. The van der Waals surface area contributed by atoms with Gasteiger partial charge in [0.05, 0.1) is 16.9 Å². The first-order valence-electron chi connectivity index (χ1n) is 7.54. The first-order chi connectivity index (χ1) is 11.0. The van der Waals surface area contributed by atoms with Crippen molar-refractivity contribution in [2.24, 2.45) is 4.99 Å². The van der Waals surface area contributed by atoms with Gasteiger partial charge >= 0.3 is 0 Å². The summed E-state index contributed by atoms with van der Waals surface area (Å²) in [5.74, 6) is 0. The van der Waals surface area contributed by atoms with E-state index in [9.17, 15) is 4.79 Å². The molecule has 3 rings (SSSR count). The van der Waals surface area contributed by atoms with E-state index in [4.69, 9.17) is 0 Å². The van der Waals surface area contributed by atoms with Gasteiger partial charge in [0.15, 0.2) is 0 Å². The Kier molecular flexibility index (Phi) is 3.98. The lowest BCUT2D eigenvalue weighted by atomic mass is 10.2. The van der Waals surface area contributed by atoms with E-state index in [0.29, 0.717) is 5.56 Å². The monoisotopic (exact) mass is 305 g/mol. The molecule has 1 heterocycles. The van der Waals surface area contributed by atoms with Crippen LogP contribution < -0.4 is 5.56 Å². The van der Waals surface area contributed by atoms with Gasteiger partial charge in [0.1, 0.15) is 0 Å². The lowest BCUT2D eigenvalue weighted by Crippen LogP contribution is -2.17. The minimum absolute atomic E-state index is 0.0931. The molecule has 1 N–H and O–H groups in total. The smallest absolute Gasteiger partial charge is 0.280 e. The second-order valence-corrected chi connectivity index (χ2v) is 5.73. The van der Waals surface area contributed by atoms with Gasteiger partial charge in [0, 0.05) is 11.9 Å². The third kappa shape index (κ3) is 3.16. The molecule has 0 amide bonds. The third-order valence-corrected chi connectivity index (χ3v) is 3.72. The molecule has 0 aliphatic rings. The van der Waals surface area contributed by atoms with Crippen molar-refractivity contribution >= 4 is 11.9 Å². The zero-order valence-corrected chi connectivity index (χ0v) is 13.5. The van der Waals surface area contributed by atoms with Gasteiger partial charge in [-0.05, 0) is 56.2 Å². The molecule has 0 aliphatic carbocycles. The van der Waals surface area contributed by atoms with Gasteiger partial charge in [-0.3, -0.25) is 14.9 Å². The number of aryl methyl sites for hydroxylation is 3. The van der Waals surface area contributed by atoms with E-state index in [1.807, 2.05) is 69.3 Å². The normalized spacial score (nSPS) is 11.3. The maximum Gasteiger partial charge on any atom is 0.280 e. The number of benzene rings is 2. The summed E-state index contributed by atoms with van der Waals surface area (Å²) in [5.41, 5.74) is 5.20. The number of hydrogen-bond acceptors (Lipinski definition) is 2. The van der Waals surface area contributed by atoms with Crippen LogP contribution in [-0.4, -0.2) is 16.0 Å². The molecule has 0 fully saturated rings. The van der Waals surface area contributed by atoms with Gasteiger partial charge in [-0.1, -0.05) is 24.3 Å². The fourth-order valence-corrected chi connectivity index (χ4v) is 2.51. The Labute approximate surface area is 135 Å². The molecule has 0 aliphatic heterocycles. The molecule has 2 aromatic carbocycles. The van der Waals surface area contributed by atoms with Crippen LogP contribution in [-0.2, 0) is 0 Å². The Balaban J connectivity index is 2.00. The molecule has 4 heteroatoms. The van der Waals surface area contributed by atoms with Crippen molar-refractivity contribution in [3.8, 4) is 5.69 Å². The van der Waals surface area contributed by atoms with E-state index in [1.54, 1.807) is 10.9 Å². The minimum Gasteiger partial charge on any atom is -0.295 e. The van der Waals surface area contributed by atoms with E-state index in [-0.39, 0.29) is 5.56 Å². The maximum absolute atomic E-state index is 12.6. The SMILES string of the molecule is Cc1cccc(N=Cc2c(C)[nH]n(-c3cccc(C)c3)c2=O)c1. The number of aliphatic imine (C=N–C) groups is 1.